The molecule has 78 valence electrons. The fourth-order valence-corrected chi connectivity index (χ4v) is 1.39. The Bertz CT molecular complexity index is 408. The van der Waals surface area contributed by atoms with E-state index in [1.165, 1.54) is 0 Å². The van der Waals surface area contributed by atoms with E-state index in [1.807, 2.05) is 36.0 Å². The van der Waals surface area contributed by atoms with E-state index in [2.05, 4.69) is 15.4 Å². The molecule has 2 rings (SSSR count). The predicted octanol–water partition coefficient (Wildman–Crippen LogP) is 1.70. The van der Waals surface area contributed by atoms with Gasteiger partial charge in [0.15, 0.2) is 0 Å². The van der Waals surface area contributed by atoms with E-state index < -0.39 is 0 Å². The van der Waals surface area contributed by atoms with Gasteiger partial charge in [0.2, 0.25) is 0 Å². The van der Waals surface area contributed by atoms with Crippen LogP contribution in [0.4, 0.5) is 5.82 Å². The van der Waals surface area contributed by atoms with Crippen molar-refractivity contribution in [2.45, 2.75) is 13.5 Å². The first-order valence-electron chi connectivity index (χ1n) is 4.99. The van der Waals surface area contributed by atoms with Crippen LogP contribution in [0.2, 0.25) is 0 Å². The average Bonchev–Trinajstić information content (AvgIpc) is 2.74. The fraction of sp³-hybridized carbons (Fsp3) is 0.273. The van der Waals surface area contributed by atoms with Crippen molar-refractivity contribution in [1.29, 1.82) is 0 Å². The first-order chi connectivity index (χ1) is 7.36. The first kappa shape index (κ1) is 9.71. The molecule has 1 N–H and O–H groups in total. The van der Waals surface area contributed by atoms with Crippen LogP contribution in [0.15, 0.2) is 36.8 Å². The maximum absolute atomic E-state index is 4.26. The summed E-state index contributed by atoms with van der Waals surface area (Å²) in [7, 11) is 0. The summed E-state index contributed by atoms with van der Waals surface area (Å²) in [5.41, 5.74) is 1.16. The minimum absolute atomic E-state index is 0.833. The predicted molar refractivity (Wildman–Crippen MR) is 59.7 cm³/mol. The Kier molecular flexibility index (Phi) is 2.97. The van der Waals surface area contributed by atoms with Crippen molar-refractivity contribution in [3.63, 3.8) is 0 Å². The van der Waals surface area contributed by atoms with Crippen LogP contribution in [-0.2, 0) is 6.54 Å². The number of anilines is 1. The molecule has 4 nitrogen and oxygen atoms in total. The van der Waals surface area contributed by atoms with Crippen molar-refractivity contribution >= 4 is 5.82 Å². The molecule has 2 aromatic rings. The van der Waals surface area contributed by atoms with E-state index in [1.54, 1.807) is 12.4 Å². The normalized spacial score (nSPS) is 10.2. The molecule has 0 fully saturated rings. The monoisotopic (exact) mass is 202 g/mol. The van der Waals surface area contributed by atoms with Crippen molar-refractivity contribution in [2.24, 2.45) is 0 Å². The summed E-state index contributed by atoms with van der Waals surface area (Å²) < 4.78 is 1.89. The van der Waals surface area contributed by atoms with Gasteiger partial charge in [-0.2, -0.15) is 5.10 Å². The maximum atomic E-state index is 4.26. The number of hydrogen-bond acceptors (Lipinski definition) is 3. The second kappa shape index (κ2) is 4.59. The van der Waals surface area contributed by atoms with E-state index >= 15 is 0 Å². The second-order valence-corrected chi connectivity index (χ2v) is 3.36. The minimum Gasteiger partial charge on any atom is -0.368 e. The summed E-state index contributed by atoms with van der Waals surface area (Å²) in [5, 5.41) is 7.41. The van der Waals surface area contributed by atoms with Crippen molar-refractivity contribution in [1.82, 2.24) is 14.8 Å². The zero-order chi connectivity index (χ0) is 10.5. The van der Waals surface area contributed by atoms with Crippen LogP contribution in [0.5, 0.6) is 0 Å². The van der Waals surface area contributed by atoms with E-state index in [4.69, 9.17) is 0 Å². The molecule has 4 heteroatoms. The fourth-order valence-electron chi connectivity index (χ4n) is 1.39. The molecule has 0 aliphatic heterocycles. The highest BCUT2D eigenvalue weighted by Gasteiger charge is 1.96. The molecule has 0 bridgehead atoms. The lowest BCUT2D eigenvalue weighted by molar-refractivity contribution is 0.637. The smallest absolute Gasteiger partial charge is 0.128 e. The zero-order valence-electron chi connectivity index (χ0n) is 8.72. The van der Waals surface area contributed by atoms with Gasteiger partial charge in [0.1, 0.15) is 5.82 Å². The molecule has 2 aromatic heterocycles. The molecule has 0 spiro atoms. The van der Waals surface area contributed by atoms with Crippen LogP contribution in [0, 0.1) is 6.92 Å². The van der Waals surface area contributed by atoms with Gasteiger partial charge in [0.25, 0.3) is 0 Å². The van der Waals surface area contributed by atoms with Gasteiger partial charge in [-0.25, -0.2) is 4.98 Å². The number of rotatable bonds is 4. The van der Waals surface area contributed by atoms with Gasteiger partial charge in [-0.3, -0.25) is 4.68 Å². The van der Waals surface area contributed by atoms with E-state index in [0.29, 0.717) is 0 Å². The standard InChI is InChI=1S/C11H14N4/c1-10-4-2-5-12-11(10)13-7-9-15-8-3-6-14-15/h2-6,8H,7,9H2,1H3,(H,12,13). The van der Waals surface area contributed by atoms with Gasteiger partial charge >= 0.3 is 0 Å². The number of nitrogens with one attached hydrogen (secondary N) is 1. The summed E-state index contributed by atoms with van der Waals surface area (Å²) in [6.45, 7) is 3.73. The molecule has 0 aromatic carbocycles. The first-order valence-corrected chi connectivity index (χ1v) is 4.99. The van der Waals surface area contributed by atoms with Crippen LogP contribution >= 0.6 is 0 Å². The maximum Gasteiger partial charge on any atom is 0.128 e. The highest BCUT2D eigenvalue weighted by molar-refractivity contribution is 5.42. The average molecular weight is 202 g/mol. The molecule has 0 saturated carbocycles. The lowest BCUT2D eigenvalue weighted by Gasteiger charge is -2.07. The molecule has 15 heavy (non-hydrogen) atoms. The third-order valence-electron chi connectivity index (χ3n) is 2.20. The number of hydrogen-bond donors (Lipinski definition) is 1. The van der Waals surface area contributed by atoms with Gasteiger partial charge in [-0.15, -0.1) is 0 Å². The Balaban J connectivity index is 1.86. The highest BCUT2D eigenvalue weighted by atomic mass is 15.3. The topological polar surface area (TPSA) is 42.7 Å². The Morgan fingerprint density at radius 3 is 3.00 bits per heavy atom. The highest BCUT2D eigenvalue weighted by Crippen LogP contribution is 2.08. The Labute approximate surface area is 89.0 Å². The number of pyridine rings is 1. The molecule has 0 amide bonds. The Morgan fingerprint density at radius 2 is 2.27 bits per heavy atom. The SMILES string of the molecule is Cc1cccnc1NCCn1cccn1. The third kappa shape index (κ3) is 2.56. The number of aryl methyl sites for hydroxylation is 1. The summed E-state index contributed by atoms with van der Waals surface area (Å²) in [4.78, 5) is 4.26. The molecule has 0 aliphatic rings. The molecule has 0 atom stereocenters. The van der Waals surface area contributed by atoms with Crippen LogP contribution in [0.25, 0.3) is 0 Å². The van der Waals surface area contributed by atoms with Crippen molar-refractivity contribution in [3.8, 4) is 0 Å². The lowest BCUT2D eigenvalue weighted by Crippen LogP contribution is -2.12. The molecule has 0 radical (unpaired) electrons. The van der Waals surface area contributed by atoms with E-state index in [9.17, 15) is 0 Å². The molecular formula is C11H14N4. The summed E-state index contributed by atoms with van der Waals surface area (Å²) in [6, 6.07) is 5.91. The van der Waals surface area contributed by atoms with Crippen LogP contribution in [-0.4, -0.2) is 21.3 Å². The third-order valence-corrected chi connectivity index (χ3v) is 2.20. The van der Waals surface area contributed by atoms with Crippen LogP contribution < -0.4 is 5.32 Å². The zero-order valence-corrected chi connectivity index (χ0v) is 8.72. The molecule has 0 unspecified atom stereocenters. The largest absolute Gasteiger partial charge is 0.368 e. The summed E-state index contributed by atoms with van der Waals surface area (Å²) >= 11 is 0. The molecule has 0 aliphatic carbocycles. The van der Waals surface area contributed by atoms with Gasteiger partial charge in [-0.05, 0) is 24.6 Å². The van der Waals surface area contributed by atoms with Crippen LogP contribution in [0.1, 0.15) is 5.56 Å². The van der Waals surface area contributed by atoms with Crippen molar-refractivity contribution < 1.29 is 0 Å². The quantitative estimate of drug-likeness (QED) is 0.820. The molecular weight excluding hydrogens is 188 g/mol. The minimum atomic E-state index is 0.833. The number of aromatic nitrogens is 3. The lowest BCUT2D eigenvalue weighted by atomic mass is 10.3. The van der Waals surface area contributed by atoms with Gasteiger partial charge < -0.3 is 5.32 Å². The molecule has 2 heterocycles. The Morgan fingerprint density at radius 1 is 1.33 bits per heavy atom. The number of nitrogens with zero attached hydrogens (tertiary/aromatic N) is 3. The van der Waals surface area contributed by atoms with Crippen molar-refractivity contribution in [3.05, 3.63) is 42.4 Å². The van der Waals surface area contributed by atoms with Crippen LogP contribution in [0.3, 0.4) is 0 Å². The second-order valence-electron chi connectivity index (χ2n) is 3.36. The molecule has 0 saturated heterocycles. The van der Waals surface area contributed by atoms with E-state index in [0.717, 1.165) is 24.5 Å². The summed E-state index contributed by atoms with van der Waals surface area (Å²) in [5.74, 6) is 0.949. The Hall–Kier alpha value is -1.84. The van der Waals surface area contributed by atoms with Gasteiger partial charge in [0, 0.05) is 25.1 Å². The summed E-state index contributed by atoms with van der Waals surface area (Å²) in [6.07, 6.45) is 5.53. The van der Waals surface area contributed by atoms with Crippen molar-refractivity contribution in [2.75, 3.05) is 11.9 Å². The van der Waals surface area contributed by atoms with Gasteiger partial charge in [0.05, 0.1) is 6.54 Å². The van der Waals surface area contributed by atoms with Gasteiger partial charge in [-0.1, -0.05) is 6.07 Å². The van der Waals surface area contributed by atoms with E-state index in [-0.39, 0.29) is 0 Å².